The third-order valence-corrected chi connectivity index (χ3v) is 9.35. The average Bonchev–Trinajstić information content (AvgIpc) is 2.69. The lowest BCUT2D eigenvalue weighted by Crippen LogP contribution is -2.74. The second-order valence-electron chi connectivity index (χ2n) is 10.4. The number of hydrogen-bond acceptors (Lipinski definition) is 6. The minimum Gasteiger partial charge on any atom is -0.390 e. The highest BCUT2D eigenvalue weighted by Gasteiger charge is 2.74. The largest absolute Gasteiger partial charge is 0.469 e. The van der Waals surface area contributed by atoms with E-state index in [0.29, 0.717) is 18.4 Å². The quantitative estimate of drug-likeness (QED) is 0.457. The Balaban J connectivity index is 1.81. The molecule has 32 heavy (non-hydrogen) atoms. The summed E-state index contributed by atoms with van der Waals surface area (Å²) in [6.07, 6.45) is 3.39. The summed E-state index contributed by atoms with van der Waals surface area (Å²) in [6.45, 7) is 3.90. The van der Waals surface area contributed by atoms with Crippen LogP contribution in [0.5, 0.6) is 0 Å². The molecule has 0 aliphatic heterocycles. The van der Waals surface area contributed by atoms with Crippen molar-refractivity contribution in [1.82, 2.24) is 0 Å². The Morgan fingerprint density at radius 3 is 2.53 bits per heavy atom. The highest BCUT2D eigenvalue weighted by Crippen LogP contribution is 2.68. The smallest absolute Gasteiger partial charge is 0.390 e. The van der Waals surface area contributed by atoms with E-state index in [9.17, 15) is 34.2 Å². The maximum Gasteiger partial charge on any atom is 0.469 e. The lowest BCUT2D eigenvalue weighted by molar-refractivity contribution is -0.254. The fourth-order valence-corrected chi connectivity index (χ4v) is 7.42. The van der Waals surface area contributed by atoms with Crippen LogP contribution in [-0.2, 0) is 18.7 Å². The molecular formula is C22H30FO8P. The normalized spacial score (nSPS) is 48.6. The molecule has 0 aromatic rings. The number of allylic oxidation sites excluding steroid dienone is 4. The molecule has 0 aromatic carbocycles. The summed E-state index contributed by atoms with van der Waals surface area (Å²) in [5.74, 6) is -2.84. The number of aliphatic hydroxyl groups excluding tert-OH is 1. The molecule has 4 N–H and O–H groups in total. The molecule has 0 radical (unpaired) electrons. The van der Waals surface area contributed by atoms with Gasteiger partial charge in [-0.3, -0.25) is 14.1 Å². The van der Waals surface area contributed by atoms with E-state index in [-0.39, 0.29) is 18.6 Å². The summed E-state index contributed by atoms with van der Waals surface area (Å²) in [5, 5.41) is 22.7. The molecule has 3 saturated carbocycles. The molecule has 8 atom stereocenters. The van der Waals surface area contributed by atoms with Crippen molar-refractivity contribution in [3.05, 3.63) is 23.8 Å². The second-order valence-corrected chi connectivity index (χ2v) is 11.6. The van der Waals surface area contributed by atoms with Gasteiger partial charge in [-0.05, 0) is 50.7 Å². The Bertz CT molecular complexity index is 973. The van der Waals surface area contributed by atoms with Crippen molar-refractivity contribution in [2.75, 3.05) is 6.61 Å². The summed E-state index contributed by atoms with van der Waals surface area (Å²) in [5.41, 5.74) is -6.39. The molecule has 0 heterocycles. The van der Waals surface area contributed by atoms with E-state index < -0.39 is 66.2 Å². The highest BCUT2D eigenvalue weighted by molar-refractivity contribution is 7.46. The zero-order chi connectivity index (χ0) is 23.9. The van der Waals surface area contributed by atoms with Gasteiger partial charge in [-0.1, -0.05) is 25.5 Å². The first kappa shape index (κ1) is 23.9. The molecule has 10 heteroatoms. The van der Waals surface area contributed by atoms with E-state index >= 15 is 4.39 Å². The van der Waals surface area contributed by atoms with Crippen LogP contribution in [0.2, 0.25) is 0 Å². The van der Waals surface area contributed by atoms with Gasteiger partial charge in [-0.25, -0.2) is 8.96 Å². The summed E-state index contributed by atoms with van der Waals surface area (Å²) in [6, 6.07) is 0. The number of alkyl halides is 1. The number of aliphatic hydroxyl groups is 2. The predicted molar refractivity (Wildman–Crippen MR) is 111 cm³/mol. The molecule has 4 aliphatic carbocycles. The minimum absolute atomic E-state index is 0.226. The molecular weight excluding hydrogens is 442 g/mol. The number of hydrogen-bond donors (Lipinski definition) is 4. The van der Waals surface area contributed by atoms with Gasteiger partial charge in [0.15, 0.2) is 22.8 Å². The van der Waals surface area contributed by atoms with Crippen LogP contribution in [0.4, 0.5) is 4.39 Å². The summed E-state index contributed by atoms with van der Waals surface area (Å²) in [7, 11) is -4.99. The molecule has 0 spiro atoms. The molecule has 4 rings (SSSR count). The van der Waals surface area contributed by atoms with Crippen molar-refractivity contribution in [3.8, 4) is 0 Å². The van der Waals surface area contributed by atoms with Gasteiger partial charge in [0.05, 0.1) is 12.7 Å². The van der Waals surface area contributed by atoms with Gasteiger partial charge in [0.2, 0.25) is 0 Å². The number of carbonyl (C=O) groups is 2. The number of rotatable bonds is 3. The average molecular weight is 472 g/mol. The number of fused-ring (bicyclic) bond motifs is 5. The molecule has 8 nitrogen and oxygen atoms in total. The minimum atomic E-state index is -4.99. The molecule has 0 amide bonds. The molecule has 0 aromatic heterocycles. The van der Waals surface area contributed by atoms with Gasteiger partial charge in [-0.15, -0.1) is 0 Å². The van der Waals surface area contributed by atoms with Crippen molar-refractivity contribution in [2.45, 2.75) is 63.8 Å². The first-order valence-corrected chi connectivity index (χ1v) is 12.4. The van der Waals surface area contributed by atoms with Crippen LogP contribution in [-0.4, -0.2) is 55.5 Å². The van der Waals surface area contributed by atoms with Gasteiger partial charge < -0.3 is 20.0 Å². The van der Waals surface area contributed by atoms with Crippen molar-refractivity contribution in [2.24, 2.45) is 28.6 Å². The molecule has 178 valence electrons. The van der Waals surface area contributed by atoms with Crippen LogP contribution in [0, 0.1) is 28.6 Å². The van der Waals surface area contributed by atoms with E-state index in [2.05, 4.69) is 4.52 Å². The van der Waals surface area contributed by atoms with Gasteiger partial charge in [0.25, 0.3) is 0 Å². The Morgan fingerprint density at radius 2 is 1.91 bits per heavy atom. The van der Waals surface area contributed by atoms with Crippen molar-refractivity contribution >= 4 is 19.4 Å². The maximum atomic E-state index is 17.1. The Morgan fingerprint density at radius 1 is 1.25 bits per heavy atom. The second kappa shape index (κ2) is 7.14. The van der Waals surface area contributed by atoms with Gasteiger partial charge in [0, 0.05) is 22.7 Å². The summed E-state index contributed by atoms with van der Waals surface area (Å²) < 4.78 is 33.0. The maximum absolute atomic E-state index is 17.1. The summed E-state index contributed by atoms with van der Waals surface area (Å²) >= 11 is 0. The molecule has 4 aliphatic rings. The van der Waals surface area contributed by atoms with E-state index in [0.717, 1.165) is 0 Å². The van der Waals surface area contributed by atoms with Crippen LogP contribution in [0.1, 0.15) is 46.5 Å². The van der Waals surface area contributed by atoms with Crippen LogP contribution in [0.25, 0.3) is 0 Å². The predicted octanol–water partition coefficient (Wildman–Crippen LogP) is 2.01. The monoisotopic (exact) mass is 472 g/mol. The first-order valence-electron chi connectivity index (χ1n) is 10.9. The molecule has 0 unspecified atom stereocenters. The first-order chi connectivity index (χ1) is 14.6. The number of phosphoric acid groups is 1. The molecule has 0 saturated heterocycles. The fraction of sp³-hybridized carbons (Fsp3) is 0.727. The van der Waals surface area contributed by atoms with Crippen LogP contribution >= 0.6 is 7.82 Å². The van der Waals surface area contributed by atoms with E-state index in [4.69, 9.17) is 0 Å². The number of halogens is 1. The van der Waals surface area contributed by atoms with Crippen LogP contribution < -0.4 is 0 Å². The van der Waals surface area contributed by atoms with Gasteiger partial charge in [0.1, 0.15) is 0 Å². The molecule has 3 fully saturated rings. The number of Topliss-reactive ketones (excluding diaryl/α,β-unsaturated/α-hetero) is 1. The van der Waals surface area contributed by atoms with Gasteiger partial charge in [-0.2, -0.15) is 0 Å². The standard InChI is InChI=1S/C22H30FO8P/c1-12-8-16-15-5-4-13-9-14(24)6-7-19(13,2)22(15,23)17(25)10-20(16,3)21(27,18(12)26)11-31-32(28,29)30/h6-7,9,12,15-17,25,27H,4-5,8,10-11H2,1-3H3,(H2,28,29,30)/t12-,15-,16-,17-,19-,20-,21-,22-/m0/s1. The lowest BCUT2D eigenvalue weighted by Gasteiger charge is -2.66. The van der Waals surface area contributed by atoms with Crippen LogP contribution in [0.15, 0.2) is 23.8 Å². The molecule has 0 bridgehead atoms. The van der Waals surface area contributed by atoms with Gasteiger partial charge >= 0.3 is 7.82 Å². The van der Waals surface area contributed by atoms with Crippen molar-refractivity contribution in [3.63, 3.8) is 0 Å². The van der Waals surface area contributed by atoms with E-state index in [1.54, 1.807) is 20.8 Å². The summed E-state index contributed by atoms with van der Waals surface area (Å²) in [4.78, 5) is 43.3. The van der Waals surface area contributed by atoms with Crippen molar-refractivity contribution < 1.29 is 43.1 Å². The topological polar surface area (TPSA) is 141 Å². The Hall–Kier alpha value is -1.22. The Labute approximate surface area is 185 Å². The Kier molecular flexibility index (Phi) is 5.34. The lowest BCUT2D eigenvalue weighted by atomic mass is 9.40. The van der Waals surface area contributed by atoms with Crippen LogP contribution in [0.3, 0.4) is 0 Å². The number of phosphoric ester groups is 1. The highest BCUT2D eigenvalue weighted by atomic mass is 31.2. The fourth-order valence-electron chi connectivity index (χ4n) is 7.06. The van der Waals surface area contributed by atoms with Crippen molar-refractivity contribution in [1.29, 1.82) is 0 Å². The van der Waals surface area contributed by atoms with E-state index in [1.807, 2.05) is 0 Å². The number of ketones is 2. The number of carbonyl (C=O) groups excluding carboxylic acids is 2. The SMILES string of the molecule is C[C@H]1C[C@H]2[C@@H]3CCC4=CC(=O)C=C[C@]4(C)[C@@]3(F)[C@@H](O)C[C@]2(C)[C@](O)(COP(=O)(O)O)C1=O. The third-order valence-electron chi connectivity index (χ3n) is 8.88. The zero-order valence-electron chi connectivity index (χ0n) is 18.3. The third kappa shape index (κ3) is 3.02. The zero-order valence-corrected chi connectivity index (χ0v) is 19.2. The van der Waals surface area contributed by atoms with E-state index in [1.165, 1.54) is 18.2 Å².